The number of nitrogens with one attached hydrogen (secondary N) is 1. The maximum atomic E-state index is 13.1. The van der Waals surface area contributed by atoms with Crippen LogP contribution in [0.2, 0.25) is 0 Å². The zero-order valence-electron chi connectivity index (χ0n) is 21.1. The van der Waals surface area contributed by atoms with E-state index >= 15 is 0 Å². The summed E-state index contributed by atoms with van der Waals surface area (Å²) in [5.74, 6) is -9.84. The fourth-order valence-corrected chi connectivity index (χ4v) is 3.59. The summed E-state index contributed by atoms with van der Waals surface area (Å²) in [7, 11) is 0. The molecule has 202 valence electrons. The van der Waals surface area contributed by atoms with Crippen LogP contribution in [0.1, 0.15) is 117 Å². The molecule has 0 aromatic carbocycles. The Bertz CT molecular complexity index is 553. The minimum absolute atomic E-state index is 0.0336. The van der Waals surface area contributed by atoms with Gasteiger partial charge in [0.05, 0.1) is 6.61 Å². The second-order valence-corrected chi connectivity index (χ2v) is 9.38. The summed E-state index contributed by atoms with van der Waals surface area (Å²) in [5.41, 5.74) is 0. The first kappa shape index (κ1) is 32.6. The van der Waals surface area contributed by atoms with Crippen LogP contribution in [-0.4, -0.2) is 36.6 Å². The first-order valence-corrected chi connectivity index (χ1v) is 12.9. The van der Waals surface area contributed by atoms with Crippen LogP contribution in [0.4, 0.5) is 22.0 Å². The Kier molecular flexibility index (Phi) is 17.2. The highest BCUT2D eigenvalue weighted by molar-refractivity contribution is 5.89. The van der Waals surface area contributed by atoms with Crippen LogP contribution in [0, 0.1) is 5.92 Å². The summed E-state index contributed by atoms with van der Waals surface area (Å²) in [4.78, 5) is 23.4. The number of halogens is 5. The van der Waals surface area contributed by atoms with Gasteiger partial charge < -0.3 is 10.1 Å². The maximum Gasteiger partial charge on any atom is 0.463 e. The average Bonchev–Trinajstić information content (AvgIpc) is 2.75. The van der Waals surface area contributed by atoms with Gasteiger partial charge in [0, 0.05) is 0 Å². The lowest BCUT2D eigenvalue weighted by Gasteiger charge is -2.24. The molecule has 0 aromatic rings. The summed E-state index contributed by atoms with van der Waals surface area (Å²) < 4.78 is 68.2. The van der Waals surface area contributed by atoms with E-state index in [1.807, 2.05) is 0 Å². The highest BCUT2D eigenvalue weighted by atomic mass is 19.4. The van der Waals surface area contributed by atoms with Gasteiger partial charge in [-0.3, -0.25) is 4.79 Å². The molecule has 0 bridgehead atoms. The van der Waals surface area contributed by atoms with Crippen molar-refractivity contribution in [3.63, 3.8) is 0 Å². The van der Waals surface area contributed by atoms with Gasteiger partial charge in [-0.05, 0) is 12.3 Å². The van der Waals surface area contributed by atoms with Gasteiger partial charge in [0.2, 0.25) is 0 Å². The summed E-state index contributed by atoms with van der Waals surface area (Å²) in [6.45, 7) is 5.10. The molecule has 0 aliphatic carbocycles. The van der Waals surface area contributed by atoms with Crippen LogP contribution >= 0.6 is 0 Å². The quantitative estimate of drug-likeness (QED) is 0.105. The molecule has 4 nitrogen and oxygen atoms in total. The van der Waals surface area contributed by atoms with Gasteiger partial charge in [0.25, 0.3) is 0 Å². The topological polar surface area (TPSA) is 55.4 Å². The lowest BCUT2D eigenvalue weighted by Crippen LogP contribution is -2.56. The van der Waals surface area contributed by atoms with Crippen molar-refractivity contribution in [3.8, 4) is 0 Å². The Morgan fingerprint density at radius 3 is 1.44 bits per heavy atom. The van der Waals surface area contributed by atoms with Crippen molar-refractivity contribution in [1.82, 2.24) is 5.32 Å². The molecule has 9 heteroatoms. The molecular weight excluding hydrogens is 457 g/mol. The number of esters is 1. The van der Waals surface area contributed by atoms with Crippen molar-refractivity contribution < 1.29 is 36.3 Å². The van der Waals surface area contributed by atoms with E-state index in [4.69, 9.17) is 4.74 Å². The Morgan fingerprint density at radius 1 is 0.706 bits per heavy atom. The summed E-state index contributed by atoms with van der Waals surface area (Å²) in [5, 5.41) is 1.48. The van der Waals surface area contributed by atoms with E-state index < -0.39 is 35.9 Å². The van der Waals surface area contributed by atoms with E-state index in [0.29, 0.717) is 6.42 Å². The normalized spacial score (nSPS) is 13.2. The minimum Gasteiger partial charge on any atom is -0.464 e. The zero-order valence-corrected chi connectivity index (χ0v) is 21.1. The molecule has 0 spiro atoms. The summed E-state index contributed by atoms with van der Waals surface area (Å²) in [6, 6.07) is -1.57. The predicted octanol–water partition coefficient (Wildman–Crippen LogP) is 7.74. The van der Waals surface area contributed by atoms with E-state index in [-0.39, 0.29) is 6.61 Å². The van der Waals surface area contributed by atoms with Crippen LogP contribution in [0.15, 0.2) is 0 Å². The molecule has 1 N–H and O–H groups in total. The molecule has 0 rings (SSSR count). The van der Waals surface area contributed by atoms with E-state index in [1.54, 1.807) is 0 Å². The molecule has 0 aromatic heterocycles. The lowest BCUT2D eigenvalue weighted by atomic mass is 10.0. The van der Waals surface area contributed by atoms with Crippen LogP contribution < -0.4 is 5.32 Å². The van der Waals surface area contributed by atoms with E-state index in [0.717, 1.165) is 25.7 Å². The summed E-state index contributed by atoms with van der Waals surface area (Å²) in [6.07, 6.45) is 11.6. The molecule has 0 radical (unpaired) electrons. The van der Waals surface area contributed by atoms with E-state index in [2.05, 4.69) is 6.92 Å². The highest BCUT2D eigenvalue weighted by Crippen LogP contribution is 2.35. The van der Waals surface area contributed by atoms with Gasteiger partial charge in [-0.15, -0.1) is 0 Å². The molecule has 0 aliphatic heterocycles. The van der Waals surface area contributed by atoms with Crippen molar-refractivity contribution in [2.45, 2.75) is 135 Å². The average molecular weight is 502 g/mol. The number of hydrogen-bond donors (Lipinski definition) is 1. The predicted molar refractivity (Wildman–Crippen MR) is 124 cm³/mol. The third-order valence-corrected chi connectivity index (χ3v) is 5.84. The Morgan fingerprint density at radius 2 is 1.09 bits per heavy atom. The molecule has 0 fully saturated rings. The number of rotatable bonds is 20. The van der Waals surface area contributed by atoms with Crippen LogP contribution in [-0.2, 0) is 14.3 Å². The van der Waals surface area contributed by atoms with Crippen LogP contribution in [0.25, 0.3) is 0 Å². The van der Waals surface area contributed by atoms with Crippen molar-refractivity contribution in [2.24, 2.45) is 5.92 Å². The molecule has 0 aliphatic rings. The molecule has 1 atom stereocenters. The molecule has 1 amide bonds. The molecule has 1 unspecified atom stereocenters. The smallest absolute Gasteiger partial charge is 0.463 e. The lowest BCUT2D eigenvalue weighted by molar-refractivity contribution is -0.270. The number of alkyl halides is 5. The maximum absolute atomic E-state index is 13.1. The van der Waals surface area contributed by atoms with Crippen molar-refractivity contribution >= 4 is 11.9 Å². The van der Waals surface area contributed by atoms with Crippen molar-refractivity contribution in [2.75, 3.05) is 6.61 Å². The number of carbonyl (C=O) groups is 2. The molecule has 34 heavy (non-hydrogen) atoms. The monoisotopic (exact) mass is 501 g/mol. The number of unbranched alkanes of at least 4 members (excludes halogenated alkanes) is 14. The SMILES string of the molecule is CCCCCCCCCCCCCCCCCOC(=O)C(NC(=O)C(F)(F)C(F)(F)F)C(C)C. The zero-order chi connectivity index (χ0) is 26.0. The van der Waals surface area contributed by atoms with Gasteiger partial charge in [-0.25, -0.2) is 4.79 Å². The summed E-state index contributed by atoms with van der Waals surface area (Å²) >= 11 is 0. The second kappa shape index (κ2) is 17.9. The minimum atomic E-state index is -6.03. The molecule has 0 saturated heterocycles. The van der Waals surface area contributed by atoms with E-state index in [9.17, 15) is 31.5 Å². The Labute approximate surface area is 201 Å². The largest absolute Gasteiger partial charge is 0.464 e. The number of carbonyl (C=O) groups excluding carboxylic acids is 2. The second-order valence-electron chi connectivity index (χ2n) is 9.38. The number of hydrogen-bond acceptors (Lipinski definition) is 3. The number of amides is 1. The third kappa shape index (κ3) is 14.1. The van der Waals surface area contributed by atoms with Crippen LogP contribution in [0.3, 0.4) is 0 Å². The standard InChI is InChI=1S/C25H44F5NO3/c1-4-5-6-7-8-9-10-11-12-13-14-15-16-17-18-19-34-22(32)21(20(2)3)31-23(33)24(26,27)25(28,29)30/h20-21H,4-19H2,1-3H3,(H,31,33). The van der Waals surface area contributed by atoms with Crippen LogP contribution in [0.5, 0.6) is 0 Å². The van der Waals surface area contributed by atoms with Gasteiger partial charge in [-0.1, -0.05) is 111 Å². The number of ether oxygens (including phenoxy) is 1. The Hall–Kier alpha value is -1.41. The van der Waals surface area contributed by atoms with Gasteiger partial charge >= 0.3 is 24.0 Å². The highest BCUT2D eigenvalue weighted by Gasteiger charge is 2.63. The van der Waals surface area contributed by atoms with Gasteiger partial charge in [-0.2, -0.15) is 22.0 Å². The molecular formula is C25H44F5NO3. The Balaban J connectivity index is 3.87. The van der Waals surface area contributed by atoms with Crippen molar-refractivity contribution in [1.29, 1.82) is 0 Å². The van der Waals surface area contributed by atoms with E-state index in [1.165, 1.54) is 83.4 Å². The fourth-order valence-electron chi connectivity index (χ4n) is 3.59. The fraction of sp³-hybridized carbons (Fsp3) is 0.920. The van der Waals surface area contributed by atoms with Crippen molar-refractivity contribution in [3.05, 3.63) is 0 Å². The molecule has 0 heterocycles. The first-order valence-electron chi connectivity index (χ1n) is 12.9. The third-order valence-electron chi connectivity index (χ3n) is 5.84. The molecule has 0 saturated carbocycles. The first-order chi connectivity index (χ1) is 15.9. The van der Waals surface area contributed by atoms with Gasteiger partial charge in [0.1, 0.15) is 6.04 Å². The van der Waals surface area contributed by atoms with Gasteiger partial charge in [0.15, 0.2) is 0 Å².